The maximum absolute atomic E-state index is 9.02. The summed E-state index contributed by atoms with van der Waals surface area (Å²) < 4.78 is 1.96. The number of nitrogens with zero attached hydrogens (tertiary/aromatic N) is 2. The highest BCUT2D eigenvalue weighted by molar-refractivity contribution is 5.04. The van der Waals surface area contributed by atoms with Gasteiger partial charge in [0.25, 0.3) is 0 Å². The van der Waals surface area contributed by atoms with Crippen LogP contribution >= 0.6 is 0 Å². The lowest BCUT2D eigenvalue weighted by atomic mass is 10.1. The van der Waals surface area contributed by atoms with Crippen molar-refractivity contribution in [2.75, 3.05) is 6.61 Å². The number of aliphatic hydroxyl groups is 1. The van der Waals surface area contributed by atoms with E-state index in [0.29, 0.717) is 12.1 Å². The van der Waals surface area contributed by atoms with Crippen molar-refractivity contribution in [2.45, 2.75) is 46.3 Å². The van der Waals surface area contributed by atoms with Crippen LogP contribution in [-0.2, 0) is 6.54 Å². The van der Waals surface area contributed by atoms with Gasteiger partial charge in [-0.1, -0.05) is 6.92 Å². The van der Waals surface area contributed by atoms with E-state index in [2.05, 4.69) is 37.4 Å². The first-order chi connectivity index (χ1) is 7.54. The van der Waals surface area contributed by atoms with Crippen molar-refractivity contribution in [1.82, 2.24) is 15.1 Å². The molecule has 0 saturated heterocycles. The second-order valence-corrected chi connectivity index (χ2v) is 4.75. The van der Waals surface area contributed by atoms with E-state index < -0.39 is 0 Å². The molecule has 0 aliphatic heterocycles. The average molecular weight is 225 g/mol. The fourth-order valence-electron chi connectivity index (χ4n) is 1.39. The van der Waals surface area contributed by atoms with Crippen molar-refractivity contribution in [3.8, 4) is 0 Å². The summed E-state index contributed by atoms with van der Waals surface area (Å²) in [5.41, 5.74) is 1.19. The van der Waals surface area contributed by atoms with Crippen LogP contribution in [0.15, 0.2) is 12.4 Å². The van der Waals surface area contributed by atoms with Gasteiger partial charge in [0.1, 0.15) is 0 Å². The van der Waals surface area contributed by atoms with E-state index in [9.17, 15) is 0 Å². The molecule has 0 bridgehead atoms. The van der Waals surface area contributed by atoms with Gasteiger partial charge >= 0.3 is 0 Å². The molecular formula is C12H23N3O. The molecular weight excluding hydrogens is 202 g/mol. The van der Waals surface area contributed by atoms with Crippen LogP contribution in [0.25, 0.3) is 0 Å². The SMILES string of the molecule is CC(CO)C(C)NCc1cnn(C(C)C)c1. The third-order valence-corrected chi connectivity index (χ3v) is 2.95. The fraction of sp³-hybridized carbons (Fsp3) is 0.750. The van der Waals surface area contributed by atoms with Crippen LogP contribution in [0.5, 0.6) is 0 Å². The minimum Gasteiger partial charge on any atom is -0.396 e. The van der Waals surface area contributed by atoms with Crippen molar-refractivity contribution >= 4 is 0 Å². The lowest BCUT2D eigenvalue weighted by Crippen LogP contribution is -2.33. The highest BCUT2D eigenvalue weighted by Crippen LogP contribution is 2.06. The maximum Gasteiger partial charge on any atom is 0.0534 e. The molecule has 0 amide bonds. The van der Waals surface area contributed by atoms with Gasteiger partial charge in [0.05, 0.1) is 6.20 Å². The largest absolute Gasteiger partial charge is 0.396 e. The van der Waals surface area contributed by atoms with Crippen molar-refractivity contribution < 1.29 is 5.11 Å². The lowest BCUT2D eigenvalue weighted by molar-refractivity contribution is 0.207. The molecule has 0 aliphatic carbocycles. The van der Waals surface area contributed by atoms with Gasteiger partial charge in [-0.2, -0.15) is 5.10 Å². The van der Waals surface area contributed by atoms with E-state index in [4.69, 9.17) is 5.11 Å². The Hall–Kier alpha value is -0.870. The second-order valence-electron chi connectivity index (χ2n) is 4.75. The smallest absolute Gasteiger partial charge is 0.0534 e. The Balaban J connectivity index is 2.42. The molecule has 1 rings (SSSR count). The molecule has 0 radical (unpaired) electrons. The van der Waals surface area contributed by atoms with Gasteiger partial charge in [0.2, 0.25) is 0 Å². The summed E-state index contributed by atoms with van der Waals surface area (Å²) in [6.07, 6.45) is 3.96. The van der Waals surface area contributed by atoms with E-state index in [1.165, 1.54) is 5.56 Å². The van der Waals surface area contributed by atoms with E-state index in [-0.39, 0.29) is 12.5 Å². The number of aromatic nitrogens is 2. The Morgan fingerprint density at radius 2 is 2.06 bits per heavy atom. The zero-order valence-corrected chi connectivity index (χ0v) is 10.6. The van der Waals surface area contributed by atoms with Gasteiger partial charge in [-0.05, 0) is 26.7 Å². The van der Waals surface area contributed by atoms with Crippen LogP contribution in [0.3, 0.4) is 0 Å². The Morgan fingerprint density at radius 1 is 1.38 bits per heavy atom. The van der Waals surface area contributed by atoms with Gasteiger partial charge in [-0.15, -0.1) is 0 Å². The number of nitrogens with one attached hydrogen (secondary N) is 1. The molecule has 1 aromatic heterocycles. The fourth-order valence-corrected chi connectivity index (χ4v) is 1.39. The van der Waals surface area contributed by atoms with Crippen molar-refractivity contribution in [1.29, 1.82) is 0 Å². The first kappa shape index (κ1) is 13.2. The molecule has 16 heavy (non-hydrogen) atoms. The number of aliphatic hydroxyl groups excluding tert-OH is 1. The Kier molecular flexibility index (Phi) is 4.96. The first-order valence-corrected chi connectivity index (χ1v) is 5.91. The molecule has 2 unspecified atom stereocenters. The minimum absolute atomic E-state index is 0.222. The van der Waals surface area contributed by atoms with Gasteiger partial charge in [0, 0.05) is 37.0 Å². The molecule has 1 aromatic rings. The van der Waals surface area contributed by atoms with Gasteiger partial charge in [0.15, 0.2) is 0 Å². The van der Waals surface area contributed by atoms with Gasteiger partial charge in [-0.25, -0.2) is 0 Å². The monoisotopic (exact) mass is 225 g/mol. The van der Waals surface area contributed by atoms with Crippen LogP contribution in [0, 0.1) is 5.92 Å². The quantitative estimate of drug-likeness (QED) is 0.772. The van der Waals surface area contributed by atoms with Crippen LogP contribution in [-0.4, -0.2) is 27.5 Å². The normalized spacial score (nSPS) is 15.4. The van der Waals surface area contributed by atoms with Crippen LogP contribution in [0.2, 0.25) is 0 Å². The van der Waals surface area contributed by atoms with Crippen LogP contribution in [0.4, 0.5) is 0 Å². The zero-order valence-electron chi connectivity index (χ0n) is 10.6. The number of hydrogen-bond acceptors (Lipinski definition) is 3. The Bertz CT molecular complexity index is 309. The zero-order chi connectivity index (χ0) is 12.1. The highest BCUT2D eigenvalue weighted by atomic mass is 16.3. The summed E-state index contributed by atoms with van der Waals surface area (Å²) in [6, 6.07) is 0.718. The summed E-state index contributed by atoms with van der Waals surface area (Å²) in [6.45, 7) is 9.38. The van der Waals surface area contributed by atoms with Gasteiger partial charge < -0.3 is 10.4 Å². The average Bonchev–Trinajstić information content (AvgIpc) is 2.73. The minimum atomic E-state index is 0.222. The molecule has 2 atom stereocenters. The number of rotatable bonds is 6. The van der Waals surface area contributed by atoms with Crippen molar-refractivity contribution in [2.24, 2.45) is 5.92 Å². The van der Waals surface area contributed by atoms with E-state index in [1.54, 1.807) is 0 Å². The summed E-state index contributed by atoms with van der Waals surface area (Å²) >= 11 is 0. The summed E-state index contributed by atoms with van der Waals surface area (Å²) in [5.74, 6) is 0.278. The molecule has 0 fully saturated rings. The standard InChI is InChI=1S/C12H23N3O/c1-9(2)15-7-12(6-14-15)5-13-11(4)10(3)8-16/h6-7,9-11,13,16H,5,8H2,1-4H3. The molecule has 92 valence electrons. The third kappa shape index (κ3) is 3.61. The number of hydrogen-bond donors (Lipinski definition) is 2. The molecule has 4 heteroatoms. The van der Waals surface area contributed by atoms with Crippen molar-refractivity contribution in [3.05, 3.63) is 18.0 Å². The topological polar surface area (TPSA) is 50.1 Å². The van der Waals surface area contributed by atoms with Crippen LogP contribution < -0.4 is 5.32 Å². The molecule has 2 N–H and O–H groups in total. The summed E-state index contributed by atoms with van der Waals surface area (Å²) in [5, 5.41) is 16.7. The molecule has 1 heterocycles. The third-order valence-electron chi connectivity index (χ3n) is 2.95. The van der Waals surface area contributed by atoms with Crippen LogP contribution in [0.1, 0.15) is 39.3 Å². The molecule has 0 saturated carbocycles. The molecule has 0 aromatic carbocycles. The summed E-state index contributed by atoms with van der Waals surface area (Å²) in [4.78, 5) is 0. The first-order valence-electron chi connectivity index (χ1n) is 5.91. The Morgan fingerprint density at radius 3 is 2.56 bits per heavy atom. The predicted octanol–water partition coefficient (Wildman–Crippen LogP) is 1.57. The lowest BCUT2D eigenvalue weighted by Gasteiger charge is -2.18. The van der Waals surface area contributed by atoms with E-state index in [1.807, 2.05) is 17.8 Å². The molecule has 0 spiro atoms. The summed E-state index contributed by atoms with van der Waals surface area (Å²) in [7, 11) is 0. The molecule has 4 nitrogen and oxygen atoms in total. The van der Waals surface area contributed by atoms with E-state index >= 15 is 0 Å². The van der Waals surface area contributed by atoms with Gasteiger partial charge in [-0.3, -0.25) is 4.68 Å². The predicted molar refractivity (Wildman–Crippen MR) is 65.2 cm³/mol. The maximum atomic E-state index is 9.02. The molecule has 0 aliphatic rings. The highest BCUT2D eigenvalue weighted by Gasteiger charge is 2.10. The van der Waals surface area contributed by atoms with E-state index in [0.717, 1.165) is 6.54 Å². The second kappa shape index (κ2) is 6.01. The Labute approximate surface area is 97.7 Å². The van der Waals surface area contributed by atoms with Crippen molar-refractivity contribution in [3.63, 3.8) is 0 Å².